The molecule has 0 spiro atoms. The van der Waals surface area contributed by atoms with E-state index in [0.29, 0.717) is 17.4 Å². The van der Waals surface area contributed by atoms with Crippen LogP contribution in [0.15, 0.2) is 59.1 Å². The topological polar surface area (TPSA) is 69.2 Å². The maximum absolute atomic E-state index is 5.96. The minimum atomic E-state index is 0.175. The molecule has 8 heteroatoms. The Labute approximate surface area is 185 Å². The van der Waals surface area contributed by atoms with Crippen molar-refractivity contribution in [3.05, 3.63) is 59.6 Å². The van der Waals surface area contributed by atoms with E-state index in [-0.39, 0.29) is 12.2 Å². The molecule has 158 valence electrons. The van der Waals surface area contributed by atoms with E-state index in [9.17, 15) is 0 Å². The highest BCUT2D eigenvalue weighted by Gasteiger charge is 2.23. The Bertz CT molecular complexity index is 1260. The number of fused-ring (bicyclic) bond motifs is 1. The number of morpholine rings is 1. The summed E-state index contributed by atoms with van der Waals surface area (Å²) in [5.41, 5.74) is 3.26. The summed E-state index contributed by atoms with van der Waals surface area (Å²) < 4.78 is 13.5. The van der Waals surface area contributed by atoms with E-state index >= 15 is 0 Å². The third-order valence-electron chi connectivity index (χ3n) is 5.31. The molecule has 0 aliphatic carbocycles. The van der Waals surface area contributed by atoms with Gasteiger partial charge in [0.2, 0.25) is 5.89 Å². The van der Waals surface area contributed by atoms with Crippen molar-refractivity contribution in [3.8, 4) is 22.8 Å². The summed E-state index contributed by atoms with van der Waals surface area (Å²) in [5, 5.41) is 5.68. The third kappa shape index (κ3) is 4.14. The van der Waals surface area contributed by atoms with Gasteiger partial charge in [0.05, 0.1) is 41.3 Å². The normalized spacial score (nSPS) is 19.7. The SMILES string of the molecule is C[C@@H]1CN(Cn2nc(-c3cc(-c4ccccn4)nc4ccccc34)oc2=S)C[C@H](C)O1. The van der Waals surface area contributed by atoms with Gasteiger partial charge in [0.1, 0.15) is 0 Å². The smallest absolute Gasteiger partial charge is 0.288 e. The highest BCUT2D eigenvalue weighted by atomic mass is 32.1. The quantitative estimate of drug-likeness (QED) is 0.437. The van der Waals surface area contributed by atoms with Crippen LogP contribution in [0, 0.1) is 4.84 Å². The number of rotatable bonds is 4. The Morgan fingerprint density at radius 2 is 1.81 bits per heavy atom. The number of ether oxygens (including phenoxy) is 1. The molecule has 0 saturated carbocycles. The molecule has 1 aliphatic rings. The van der Waals surface area contributed by atoms with Crippen molar-refractivity contribution < 1.29 is 9.15 Å². The molecule has 31 heavy (non-hydrogen) atoms. The minimum Gasteiger partial charge on any atom is -0.409 e. The summed E-state index contributed by atoms with van der Waals surface area (Å²) in [6.45, 7) is 6.39. The van der Waals surface area contributed by atoms with Crippen molar-refractivity contribution in [2.45, 2.75) is 32.7 Å². The molecular formula is C23H23N5O2S. The molecular weight excluding hydrogens is 410 g/mol. The van der Waals surface area contributed by atoms with E-state index in [1.54, 1.807) is 10.9 Å². The molecule has 0 bridgehead atoms. The Kier molecular flexibility index (Phi) is 5.35. The number of benzene rings is 1. The van der Waals surface area contributed by atoms with Gasteiger partial charge >= 0.3 is 0 Å². The van der Waals surface area contributed by atoms with Crippen LogP contribution >= 0.6 is 12.2 Å². The number of aromatic nitrogens is 4. The van der Waals surface area contributed by atoms with Crippen molar-refractivity contribution in [2.24, 2.45) is 0 Å². The minimum absolute atomic E-state index is 0.175. The van der Waals surface area contributed by atoms with Gasteiger partial charge < -0.3 is 9.15 Å². The summed E-state index contributed by atoms with van der Waals surface area (Å²) >= 11 is 5.50. The molecule has 1 saturated heterocycles. The van der Waals surface area contributed by atoms with E-state index in [4.69, 9.17) is 31.5 Å². The Morgan fingerprint density at radius 3 is 2.58 bits per heavy atom. The first-order valence-electron chi connectivity index (χ1n) is 10.3. The van der Waals surface area contributed by atoms with Crippen molar-refractivity contribution in [1.82, 2.24) is 24.6 Å². The zero-order valence-electron chi connectivity index (χ0n) is 17.4. The van der Waals surface area contributed by atoms with Crippen LogP contribution in [0.2, 0.25) is 0 Å². The fourth-order valence-electron chi connectivity index (χ4n) is 4.09. The van der Waals surface area contributed by atoms with Crippen LogP contribution in [0.5, 0.6) is 0 Å². The first kappa shape index (κ1) is 20.0. The van der Waals surface area contributed by atoms with Crippen LogP contribution in [0.1, 0.15) is 13.8 Å². The molecule has 7 nitrogen and oxygen atoms in total. The van der Waals surface area contributed by atoms with E-state index < -0.39 is 0 Å². The van der Waals surface area contributed by atoms with Gasteiger partial charge in [-0.2, -0.15) is 0 Å². The molecule has 1 fully saturated rings. The summed E-state index contributed by atoms with van der Waals surface area (Å²) in [6.07, 6.45) is 2.11. The lowest BCUT2D eigenvalue weighted by Gasteiger charge is -2.34. The molecule has 0 unspecified atom stereocenters. The monoisotopic (exact) mass is 433 g/mol. The van der Waals surface area contributed by atoms with Crippen LogP contribution in [0.4, 0.5) is 0 Å². The second-order valence-electron chi connectivity index (χ2n) is 7.89. The lowest BCUT2D eigenvalue weighted by Crippen LogP contribution is -2.46. The lowest BCUT2D eigenvalue weighted by molar-refractivity contribution is -0.0778. The lowest BCUT2D eigenvalue weighted by atomic mass is 10.1. The molecule has 1 aromatic carbocycles. The van der Waals surface area contributed by atoms with Crippen molar-refractivity contribution in [1.29, 1.82) is 0 Å². The van der Waals surface area contributed by atoms with Gasteiger partial charge in [0.25, 0.3) is 4.84 Å². The van der Waals surface area contributed by atoms with Crippen molar-refractivity contribution in [2.75, 3.05) is 13.1 Å². The molecule has 2 atom stereocenters. The van der Waals surface area contributed by atoms with Gasteiger partial charge in [-0.15, -0.1) is 5.10 Å². The summed E-state index contributed by atoms with van der Waals surface area (Å²) in [5.74, 6) is 0.482. The molecule has 0 radical (unpaired) electrons. The van der Waals surface area contributed by atoms with E-state index in [0.717, 1.165) is 40.9 Å². The van der Waals surface area contributed by atoms with Gasteiger partial charge in [0.15, 0.2) is 0 Å². The van der Waals surface area contributed by atoms with Gasteiger partial charge in [-0.05, 0) is 50.3 Å². The Morgan fingerprint density at radius 1 is 1.03 bits per heavy atom. The second kappa shape index (κ2) is 8.30. The van der Waals surface area contributed by atoms with Crippen LogP contribution in [0.25, 0.3) is 33.7 Å². The second-order valence-corrected chi connectivity index (χ2v) is 8.24. The van der Waals surface area contributed by atoms with Crippen molar-refractivity contribution >= 4 is 23.1 Å². The van der Waals surface area contributed by atoms with Crippen molar-refractivity contribution in [3.63, 3.8) is 0 Å². The predicted molar refractivity (Wildman–Crippen MR) is 121 cm³/mol. The van der Waals surface area contributed by atoms with Crippen LogP contribution < -0.4 is 0 Å². The maximum atomic E-state index is 5.96. The first-order valence-corrected chi connectivity index (χ1v) is 10.7. The van der Waals surface area contributed by atoms with E-state index in [1.807, 2.05) is 48.5 Å². The summed E-state index contributed by atoms with van der Waals surface area (Å²) in [4.78, 5) is 11.9. The predicted octanol–water partition coefficient (Wildman–Crippen LogP) is 4.55. The van der Waals surface area contributed by atoms with Crippen LogP contribution in [-0.4, -0.2) is 49.9 Å². The largest absolute Gasteiger partial charge is 0.409 e. The number of hydrogen-bond donors (Lipinski definition) is 0. The zero-order valence-corrected chi connectivity index (χ0v) is 18.2. The summed E-state index contributed by atoms with van der Waals surface area (Å²) in [7, 11) is 0. The molecule has 3 aromatic heterocycles. The Hall–Kier alpha value is -2.94. The van der Waals surface area contributed by atoms with E-state index in [2.05, 4.69) is 23.7 Å². The van der Waals surface area contributed by atoms with Gasteiger partial charge in [0, 0.05) is 24.7 Å². The highest BCUT2D eigenvalue weighted by molar-refractivity contribution is 7.71. The number of nitrogens with zero attached hydrogens (tertiary/aromatic N) is 5. The molecule has 4 heterocycles. The molecule has 4 aromatic rings. The highest BCUT2D eigenvalue weighted by Crippen LogP contribution is 2.31. The molecule has 0 N–H and O–H groups in total. The van der Waals surface area contributed by atoms with E-state index in [1.165, 1.54) is 0 Å². The third-order valence-corrected chi connectivity index (χ3v) is 5.60. The first-order chi connectivity index (χ1) is 15.1. The maximum Gasteiger partial charge on any atom is 0.288 e. The van der Waals surface area contributed by atoms with Gasteiger partial charge in [-0.1, -0.05) is 24.3 Å². The average Bonchev–Trinajstić information content (AvgIpc) is 3.13. The van der Waals surface area contributed by atoms with Gasteiger partial charge in [-0.25, -0.2) is 9.67 Å². The number of hydrogen-bond acceptors (Lipinski definition) is 7. The van der Waals surface area contributed by atoms with Gasteiger partial charge in [-0.3, -0.25) is 9.88 Å². The number of para-hydroxylation sites is 1. The molecule has 0 amide bonds. The number of pyridine rings is 2. The Balaban J connectivity index is 1.55. The summed E-state index contributed by atoms with van der Waals surface area (Å²) in [6, 6.07) is 15.7. The fraction of sp³-hybridized carbons (Fsp3) is 0.304. The van der Waals surface area contributed by atoms with Crippen LogP contribution in [-0.2, 0) is 11.4 Å². The van der Waals surface area contributed by atoms with Crippen LogP contribution in [0.3, 0.4) is 0 Å². The zero-order chi connectivity index (χ0) is 21.4. The fourth-order valence-corrected chi connectivity index (χ4v) is 4.27. The molecule has 1 aliphatic heterocycles. The average molecular weight is 434 g/mol. The molecule has 5 rings (SSSR count). The standard InChI is InChI=1S/C23H23N5O2S/c1-15-12-27(13-16(2)29-15)14-28-23(31)30-22(26-28)18-11-21(20-9-5-6-10-24-20)25-19-8-4-3-7-17(18)19/h3-11,15-16H,12-14H2,1-2H3/t15-,16+.